The number of hydrogen-bond acceptors (Lipinski definition) is 1. The molecule has 2 unspecified atom stereocenters. The van der Waals surface area contributed by atoms with Crippen LogP contribution in [0.1, 0.15) is 39.5 Å². The fourth-order valence-corrected chi connectivity index (χ4v) is 3.83. The summed E-state index contributed by atoms with van der Waals surface area (Å²) in [5.41, 5.74) is 7.42. The Balaban J connectivity index is 2.07. The molecule has 2 N–H and O–H groups in total. The van der Waals surface area contributed by atoms with Gasteiger partial charge in [-0.15, -0.1) is 0 Å². The van der Waals surface area contributed by atoms with E-state index < -0.39 is 0 Å². The van der Waals surface area contributed by atoms with E-state index in [0.717, 1.165) is 5.92 Å². The van der Waals surface area contributed by atoms with Gasteiger partial charge in [-0.1, -0.05) is 26.0 Å². The topological polar surface area (TPSA) is 26.0 Å². The predicted molar refractivity (Wildman–Crippen MR) is 54.2 cm³/mol. The summed E-state index contributed by atoms with van der Waals surface area (Å²) in [6, 6.07) is 0. The smallest absolute Gasteiger partial charge is 0.0253 e. The van der Waals surface area contributed by atoms with E-state index >= 15 is 0 Å². The van der Waals surface area contributed by atoms with E-state index in [9.17, 15) is 0 Å². The highest BCUT2D eigenvalue weighted by molar-refractivity contribution is 5.33. The fourth-order valence-electron chi connectivity index (χ4n) is 3.83. The second-order valence-electron chi connectivity index (χ2n) is 5.89. The van der Waals surface area contributed by atoms with E-state index in [-0.39, 0.29) is 5.54 Å². The van der Waals surface area contributed by atoms with E-state index in [2.05, 4.69) is 26.0 Å². The Morgan fingerprint density at radius 3 is 2.46 bits per heavy atom. The van der Waals surface area contributed by atoms with Crippen LogP contribution in [0.2, 0.25) is 0 Å². The molecule has 0 aromatic heterocycles. The Kier molecular flexibility index (Phi) is 1.16. The van der Waals surface area contributed by atoms with Gasteiger partial charge in [0.15, 0.2) is 0 Å². The molecular weight excluding hydrogens is 158 g/mol. The first-order valence-corrected chi connectivity index (χ1v) is 5.48. The van der Waals surface area contributed by atoms with Crippen LogP contribution in [0.25, 0.3) is 0 Å². The Labute approximate surface area is 80.4 Å². The zero-order chi connectivity index (χ0) is 9.32. The molecule has 2 fully saturated rings. The molecule has 13 heavy (non-hydrogen) atoms. The third-order valence-electron chi connectivity index (χ3n) is 5.24. The molecule has 0 aliphatic heterocycles. The Bertz CT molecular complexity index is 285. The standard InChI is InChI=1S/C12H19N/c1-10(2)9-4-3-5-11(10,8-9)12(13)6-7-12/h3,5,9H,4,6-8,13H2,1-2H3. The van der Waals surface area contributed by atoms with Gasteiger partial charge in [0.1, 0.15) is 0 Å². The number of allylic oxidation sites excluding steroid dienone is 1. The lowest BCUT2D eigenvalue weighted by Crippen LogP contribution is -2.65. The SMILES string of the molecule is CC1(C)C2CC=CC1(C1(N)CC1)C2. The number of fused-ring (bicyclic) bond motifs is 1. The molecule has 4 aliphatic carbocycles. The van der Waals surface area contributed by atoms with Crippen molar-refractivity contribution in [3.05, 3.63) is 12.2 Å². The second-order valence-corrected chi connectivity index (χ2v) is 5.89. The summed E-state index contributed by atoms with van der Waals surface area (Å²) in [7, 11) is 0. The van der Waals surface area contributed by atoms with Gasteiger partial charge in [0.2, 0.25) is 0 Å². The molecule has 4 rings (SSSR count). The summed E-state index contributed by atoms with van der Waals surface area (Å²) in [6.07, 6.45) is 9.94. The Morgan fingerprint density at radius 2 is 2.00 bits per heavy atom. The second kappa shape index (κ2) is 1.88. The van der Waals surface area contributed by atoms with E-state index in [1.807, 2.05) is 0 Å². The maximum Gasteiger partial charge on any atom is 0.0253 e. The maximum atomic E-state index is 6.42. The molecule has 0 saturated heterocycles. The van der Waals surface area contributed by atoms with Crippen molar-refractivity contribution in [3.63, 3.8) is 0 Å². The maximum absolute atomic E-state index is 6.42. The first kappa shape index (κ1) is 8.05. The third kappa shape index (κ3) is 0.665. The molecule has 4 aliphatic rings. The largest absolute Gasteiger partial charge is 0.324 e. The quantitative estimate of drug-likeness (QED) is 0.612. The van der Waals surface area contributed by atoms with Gasteiger partial charge in [0, 0.05) is 11.0 Å². The molecular formula is C12H19N. The van der Waals surface area contributed by atoms with Gasteiger partial charge >= 0.3 is 0 Å². The van der Waals surface area contributed by atoms with Crippen molar-refractivity contribution in [2.75, 3.05) is 0 Å². The molecule has 0 heterocycles. The fraction of sp³-hybridized carbons (Fsp3) is 0.833. The van der Waals surface area contributed by atoms with Crippen molar-refractivity contribution < 1.29 is 0 Å². The summed E-state index contributed by atoms with van der Waals surface area (Å²) in [6.45, 7) is 4.83. The minimum absolute atomic E-state index is 0.171. The zero-order valence-electron chi connectivity index (χ0n) is 8.64. The molecule has 0 amide bonds. The summed E-state index contributed by atoms with van der Waals surface area (Å²) in [5, 5.41) is 0. The van der Waals surface area contributed by atoms with Gasteiger partial charge < -0.3 is 5.73 Å². The minimum Gasteiger partial charge on any atom is -0.324 e. The number of nitrogens with two attached hydrogens (primary N) is 1. The molecule has 0 aromatic rings. The Morgan fingerprint density at radius 1 is 1.31 bits per heavy atom. The third-order valence-corrected chi connectivity index (χ3v) is 5.24. The first-order chi connectivity index (χ1) is 6.02. The van der Waals surface area contributed by atoms with Crippen molar-refractivity contribution in [1.29, 1.82) is 0 Å². The van der Waals surface area contributed by atoms with E-state index in [1.54, 1.807) is 0 Å². The molecule has 72 valence electrons. The van der Waals surface area contributed by atoms with Crippen molar-refractivity contribution in [1.82, 2.24) is 0 Å². The number of rotatable bonds is 1. The van der Waals surface area contributed by atoms with Crippen LogP contribution in [0.4, 0.5) is 0 Å². The van der Waals surface area contributed by atoms with Gasteiger partial charge in [0.25, 0.3) is 0 Å². The molecule has 2 bridgehead atoms. The van der Waals surface area contributed by atoms with E-state index in [1.165, 1.54) is 25.7 Å². The summed E-state index contributed by atoms with van der Waals surface area (Å²) < 4.78 is 0. The van der Waals surface area contributed by atoms with Gasteiger partial charge in [-0.05, 0) is 37.0 Å². The van der Waals surface area contributed by atoms with Crippen molar-refractivity contribution in [2.45, 2.75) is 45.1 Å². The van der Waals surface area contributed by atoms with E-state index in [4.69, 9.17) is 5.73 Å². The number of hydrogen-bond donors (Lipinski definition) is 1. The lowest BCUT2D eigenvalue weighted by molar-refractivity contribution is -0.116. The first-order valence-electron chi connectivity index (χ1n) is 5.48. The molecule has 2 atom stereocenters. The monoisotopic (exact) mass is 177 g/mol. The lowest BCUT2D eigenvalue weighted by Gasteiger charge is -2.66. The van der Waals surface area contributed by atoms with Crippen LogP contribution in [-0.2, 0) is 0 Å². The zero-order valence-corrected chi connectivity index (χ0v) is 8.64. The normalized spacial score (nSPS) is 48.4. The molecule has 2 saturated carbocycles. The average molecular weight is 177 g/mol. The van der Waals surface area contributed by atoms with Crippen LogP contribution >= 0.6 is 0 Å². The van der Waals surface area contributed by atoms with Crippen LogP contribution in [-0.4, -0.2) is 5.54 Å². The van der Waals surface area contributed by atoms with Crippen LogP contribution in [0.5, 0.6) is 0 Å². The average Bonchev–Trinajstić information content (AvgIpc) is 2.85. The van der Waals surface area contributed by atoms with Crippen molar-refractivity contribution in [2.24, 2.45) is 22.5 Å². The minimum atomic E-state index is 0.171. The summed E-state index contributed by atoms with van der Waals surface area (Å²) in [4.78, 5) is 0. The van der Waals surface area contributed by atoms with E-state index in [0.29, 0.717) is 10.8 Å². The molecule has 0 spiro atoms. The summed E-state index contributed by atoms with van der Waals surface area (Å²) in [5.74, 6) is 0.901. The molecule has 1 nitrogen and oxygen atoms in total. The van der Waals surface area contributed by atoms with Gasteiger partial charge in [-0.2, -0.15) is 0 Å². The highest BCUT2D eigenvalue weighted by atomic mass is 14.9. The molecule has 0 radical (unpaired) electrons. The lowest BCUT2D eigenvalue weighted by atomic mass is 9.39. The highest BCUT2D eigenvalue weighted by Crippen LogP contribution is 2.73. The highest BCUT2D eigenvalue weighted by Gasteiger charge is 2.70. The van der Waals surface area contributed by atoms with Crippen molar-refractivity contribution in [3.8, 4) is 0 Å². The van der Waals surface area contributed by atoms with Gasteiger partial charge in [-0.3, -0.25) is 0 Å². The Hall–Kier alpha value is -0.300. The van der Waals surface area contributed by atoms with Crippen LogP contribution in [0.3, 0.4) is 0 Å². The predicted octanol–water partition coefficient (Wildman–Crippen LogP) is 2.47. The van der Waals surface area contributed by atoms with Gasteiger partial charge in [-0.25, -0.2) is 0 Å². The molecule has 0 aromatic carbocycles. The van der Waals surface area contributed by atoms with Gasteiger partial charge in [0.05, 0.1) is 0 Å². The van der Waals surface area contributed by atoms with Crippen molar-refractivity contribution >= 4 is 0 Å². The van der Waals surface area contributed by atoms with Crippen LogP contribution in [0.15, 0.2) is 12.2 Å². The molecule has 1 heteroatoms. The summed E-state index contributed by atoms with van der Waals surface area (Å²) >= 11 is 0. The van der Waals surface area contributed by atoms with Crippen LogP contribution in [0, 0.1) is 16.7 Å². The van der Waals surface area contributed by atoms with Crippen LogP contribution < -0.4 is 5.73 Å².